The first-order valence-electron chi connectivity index (χ1n) is 15.3. The molecule has 20 atom stereocenters. The van der Waals surface area contributed by atoms with Crippen molar-refractivity contribution in [3.8, 4) is 0 Å². The van der Waals surface area contributed by atoms with E-state index in [0.29, 0.717) is 0 Å². The minimum atomic E-state index is -5.54. The number of hydrogen-bond donors (Lipinski definition) is 9. The molecule has 6 aliphatic rings. The van der Waals surface area contributed by atoms with Gasteiger partial charge in [-0.3, -0.25) is 8.74 Å². The molecule has 0 aromatic carbocycles. The van der Waals surface area contributed by atoms with Gasteiger partial charge in [0, 0.05) is 0 Å². The molecule has 28 heteroatoms. The fraction of sp³-hybridized carbons (Fsp3) is 1.00. The molecule has 6 fully saturated rings. The second kappa shape index (κ2) is 16.9. The predicted molar refractivity (Wildman–Crippen MR) is 146 cm³/mol. The van der Waals surface area contributed by atoms with Gasteiger partial charge in [-0.15, -0.1) is 0 Å². The summed E-state index contributed by atoms with van der Waals surface area (Å²) in [6, 6.07) is 0. The largest absolute Gasteiger partial charge is 1.00 e. The van der Waals surface area contributed by atoms with Crippen LogP contribution in [0.25, 0.3) is 0 Å². The Morgan fingerprint density at radius 3 is 1.65 bits per heavy atom. The average Bonchev–Trinajstić information content (AvgIpc) is 3.50. The van der Waals surface area contributed by atoms with Crippen molar-refractivity contribution in [2.75, 3.05) is 26.4 Å². The summed E-state index contributed by atoms with van der Waals surface area (Å²) in [5.41, 5.74) is 0. The van der Waals surface area contributed by atoms with Gasteiger partial charge in [0.2, 0.25) is 10.4 Å². The van der Waals surface area contributed by atoms with Crippen LogP contribution in [0.2, 0.25) is 0 Å². The normalized spacial score (nSPS) is 49.4. The molecule has 6 aliphatic heterocycles. The first-order chi connectivity index (χ1) is 23.9. The van der Waals surface area contributed by atoms with Crippen LogP contribution in [0.4, 0.5) is 0 Å². The van der Waals surface area contributed by atoms with Crippen molar-refractivity contribution in [2.24, 2.45) is 0 Å². The average molecular weight is 813 g/mol. The first-order valence-corrected chi connectivity index (χ1v) is 18.0. The quantitative estimate of drug-likeness (QED) is 0.0502. The number of aliphatic hydroxyl groups is 8. The van der Waals surface area contributed by atoms with E-state index in [1.807, 2.05) is 0 Å². The van der Waals surface area contributed by atoms with Crippen molar-refractivity contribution < 1.29 is 147 Å². The van der Waals surface area contributed by atoms with Gasteiger partial charge in [-0.25, -0.2) is 12.6 Å². The van der Waals surface area contributed by atoms with Gasteiger partial charge in [0.1, 0.15) is 97.7 Å². The zero-order valence-electron chi connectivity index (χ0n) is 26.7. The zero-order chi connectivity index (χ0) is 37.2. The molecule has 0 aliphatic carbocycles. The zero-order valence-corrected chi connectivity index (χ0v) is 30.4. The third-order valence-electron chi connectivity index (χ3n) is 9.11. The van der Waals surface area contributed by atoms with Gasteiger partial charge in [-0.05, 0) is 0 Å². The molecule has 6 heterocycles. The Balaban J connectivity index is 0.00000523. The molecule has 4 bridgehead atoms. The van der Waals surface area contributed by atoms with Crippen LogP contribution in [0.5, 0.6) is 0 Å². The molecule has 0 spiro atoms. The maximum absolute atomic E-state index is 11.6. The van der Waals surface area contributed by atoms with E-state index in [9.17, 15) is 66.8 Å². The minimum absolute atomic E-state index is 0. The van der Waals surface area contributed by atoms with E-state index in [2.05, 4.69) is 8.37 Å². The van der Waals surface area contributed by atoms with Crippen molar-refractivity contribution in [1.82, 2.24) is 0 Å². The van der Waals surface area contributed by atoms with Gasteiger partial charge in [0.15, 0.2) is 25.2 Å². The van der Waals surface area contributed by atoms with Crippen LogP contribution in [-0.4, -0.2) is 216 Å². The van der Waals surface area contributed by atoms with Crippen molar-refractivity contribution in [3.63, 3.8) is 0 Å². The summed E-state index contributed by atoms with van der Waals surface area (Å²) >= 11 is 0. The second-order valence-electron chi connectivity index (χ2n) is 12.4. The molecule has 6 rings (SSSR count). The van der Waals surface area contributed by atoms with Gasteiger partial charge < -0.3 is 88.0 Å². The topological polar surface area (TPSA) is 375 Å². The van der Waals surface area contributed by atoms with E-state index in [4.69, 9.17) is 42.6 Å². The summed E-state index contributed by atoms with van der Waals surface area (Å²) in [5, 5.41) is 83.6. The molecular formula is C24H37NaO25S2. The van der Waals surface area contributed by atoms with E-state index in [0.717, 1.165) is 0 Å². The smallest absolute Gasteiger partial charge is 0.726 e. The van der Waals surface area contributed by atoms with Gasteiger partial charge in [0.05, 0.1) is 26.4 Å². The van der Waals surface area contributed by atoms with Gasteiger partial charge >= 0.3 is 40.0 Å². The van der Waals surface area contributed by atoms with Crippen molar-refractivity contribution >= 4 is 20.8 Å². The van der Waals surface area contributed by atoms with Crippen LogP contribution in [0.3, 0.4) is 0 Å². The summed E-state index contributed by atoms with van der Waals surface area (Å²) in [6.07, 6.45) is -34.0. The summed E-state index contributed by atoms with van der Waals surface area (Å²) in [5.74, 6) is 0. The van der Waals surface area contributed by atoms with E-state index >= 15 is 0 Å². The first kappa shape index (κ1) is 43.2. The summed E-state index contributed by atoms with van der Waals surface area (Å²) in [7, 11) is -10.8. The molecule has 0 radical (unpaired) electrons. The molecule has 6 saturated heterocycles. The van der Waals surface area contributed by atoms with Crippen molar-refractivity contribution in [1.29, 1.82) is 0 Å². The molecule has 0 aromatic rings. The Morgan fingerprint density at radius 2 is 1.06 bits per heavy atom. The molecule has 0 aromatic heterocycles. The second-order valence-corrected chi connectivity index (χ2v) is 14.4. The van der Waals surface area contributed by atoms with E-state index in [1.165, 1.54) is 0 Å². The van der Waals surface area contributed by atoms with Gasteiger partial charge in [0.25, 0.3) is 0 Å². The van der Waals surface area contributed by atoms with Gasteiger partial charge in [-0.2, -0.15) is 8.42 Å². The third-order valence-corrected chi connectivity index (χ3v) is 10.0. The fourth-order valence-corrected chi connectivity index (χ4v) is 7.77. The summed E-state index contributed by atoms with van der Waals surface area (Å²) in [6.45, 7) is -2.51. The van der Waals surface area contributed by atoms with E-state index in [-0.39, 0.29) is 42.8 Å². The van der Waals surface area contributed by atoms with Gasteiger partial charge in [-0.1, -0.05) is 0 Å². The van der Waals surface area contributed by atoms with Crippen LogP contribution in [0.15, 0.2) is 0 Å². The molecule has 0 saturated carbocycles. The van der Waals surface area contributed by atoms with Crippen LogP contribution in [-0.2, 0) is 71.8 Å². The Labute approximate surface area is 316 Å². The van der Waals surface area contributed by atoms with Crippen LogP contribution in [0.1, 0.15) is 0 Å². The van der Waals surface area contributed by atoms with Crippen LogP contribution >= 0.6 is 0 Å². The Morgan fingerprint density at radius 1 is 0.577 bits per heavy atom. The summed E-state index contributed by atoms with van der Waals surface area (Å²) in [4.78, 5) is 0. The maximum Gasteiger partial charge on any atom is 1.00 e. The van der Waals surface area contributed by atoms with Crippen LogP contribution in [0, 0.1) is 0 Å². The number of ether oxygens (including phenoxy) is 9. The SMILES string of the molecule is O=S(=O)([O-])OC1C(CO)OC(OC2C3COC2C(O)C(OC2C(O)C(O)OC(CO)C2OS(=O)(=O)O)O3)C(O)C1OC1OC2COC(C2O)C1O.[Na+]. The predicted octanol–water partition coefficient (Wildman–Crippen LogP) is -11.3. The minimum Gasteiger partial charge on any atom is -0.726 e. The molecule has 20 unspecified atom stereocenters. The molecule has 0 amide bonds. The molecule has 9 N–H and O–H groups in total. The molecular weight excluding hydrogens is 775 g/mol. The standard InChI is InChI=1S/C24H38O25S2.Na/c25-1-5-15(48-50(33,34)35)19(10(28)21(32)41-5)46-23-12(30)18-14(8(44-23)4-40-18)45-24-13(31)20(16(6(2-26)42-24)49-51(36,37)38)47-22-11(29)17-9(27)7(43-22)3-39-17;/h5-32H,1-4H2,(H,33,34,35)(H,36,37,38);/q;+1/p-1. The number of rotatable bonds is 12. The Kier molecular flexibility index (Phi) is 14.0. The molecule has 25 nitrogen and oxygen atoms in total. The third kappa shape index (κ3) is 8.95. The summed E-state index contributed by atoms with van der Waals surface area (Å²) < 4.78 is 126. The van der Waals surface area contributed by atoms with Crippen molar-refractivity contribution in [2.45, 2.75) is 123 Å². The monoisotopic (exact) mass is 812 g/mol. The number of fused-ring (bicyclic) bond motifs is 4. The number of aliphatic hydroxyl groups excluding tert-OH is 8. The van der Waals surface area contributed by atoms with Crippen LogP contribution < -0.4 is 29.6 Å². The Bertz CT molecular complexity index is 1430. The van der Waals surface area contributed by atoms with E-state index < -0.39 is 157 Å². The van der Waals surface area contributed by atoms with E-state index in [1.54, 1.807) is 0 Å². The fourth-order valence-electron chi connectivity index (χ4n) is 6.75. The Hall–Kier alpha value is 0.0600. The van der Waals surface area contributed by atoms with Crippen molar-refractivity contribution in [3.05, 3.63) is 0 Å². The molecule has 296 valence electrons. The number of hydrogen-bond acceptors (Lipinski definition) is 24. The maximum atomic E-state index is 11.6. The molecule has 52 heavy (non-hydrogen) atoms.